The van der Waals surface area contributed by atoms with Crippen molar-refractivity contribution in [3.63, 3.8) is 0 Å². The molecule has 0 aliphatic rings. The Morgan fingerprint density at radius 2 is 2.21 bits per heavy atom. The minimum absolute atomic E-state index is 0.480. The van der Waals surface area contributed by atoms with Crippen molar-refractivity contribution >= 4 is 27.3 Å². The van der Waals surface area contributed by atoms with Crippen molar-refractivity contribution in [3.8, 4) is 0 Å². The molecule has 0 bridgehead atoms. The molecular formula is C15H21BrN2S. The third-order valence-corrected chi connectivity index (χ3v) is 5.15. The lowest BCUT2D eigenvalue weighted by molar-refractivity contribution is 0.518. The zero-order valence-electron chi connectivity index (χ0n) is 11.5. The molecule has 19 heavy (non-hydrogen) atoms. The first-order valence-electron chi connectivity index (χ1n) is 6.85. The van der Waals surface area contributed by atoms with Gasteiger partial charge in [-0.3, -0.25) is 0 Å². The molecule has 0 amide bonds. The first-order chi connectivity index (χ1) is 9.24. The normalized spacial score (nSPS) is 12.8. The van der Waals surface area contributed by atoms with E-state index in [0.29, 0.717) is 6.04 Å². The molecule has 1 unspecified atom stereocenters. The summed E-state index contributed by atoms with van der Waals surface area (Å²) < 4.78 is 3.48. The quantitative estimate of drug-likeness (QED) is 0.765. The lowest BCUT2D eigenvalue weighted by atomic mass is 10.1. The number of halogens is 1. The fourth-order valence-corrected chi connectivity index (χ4v) is 3.67. The van der Waals surface area contributed by atoms with Crippen LogP contribution in [0.2, 0.25) is 0 Å². The molecule has 2 rings (SSSR count). The zero-order valence-corrected chi connectivity index (χ0v) is 13.9. The summed E-state index contributed by atoms with van der Waals surface area (Å²) >= 11 is 5.39. The Labute approximate surface area is 128 Å². The number of hydrogen-bond acceptors (Lipinski definition) is 2. The summed E-state index contributed by atoms with van der Waals surface area (Å²) in [6.07, 6.45) is 6.76. The van der Waals surface area contributed by atoms with Crippen molar-refractivity contribution in [2.75, 3.05) is 6.54 Å². The first kappa shape index (κ1) is 14.8. The number of rotatable bonds is 7. The molecule has 0 aromatic carbocycles. The highest BCUT2D eigenvalue weighted by Crippen LogP contribution is 2.24. The molecule has 0 saturated carbocycles. The highest BCUT2D eigenvalue weighted by atomic mass is 79.9. The first-order valence-corrected chi connectivity index (χ1v) is 8.52. The van der Waals surface area contributed by atoms with Gasteiger partial charge in [0.05, 0.1) is 6.54 Å². The fourth-order valence-electron chi connectivity index (χ4n) is 2.18. The number of aromatic nitrogens is 1. The van der Waals surface area contributed by atoms with E-state index >= 15 is 0 Å². The summed E-state index contributed by atoms with van der Waals surface area (Å²) in [7, 11) is 0. The molecule has 104 valence electrons. The number of nitrogens with one attached hydrogen (secondary N) is 1. The van der Waals surface area contributed by atoms with Crippen LogP contribution in [0.1, 0.15) is 43.2 Å². The van der Waals surface area contributed by atoms with Crippen LogP contribution in [0.25, 0.3) is 0 Å². The second kappa shape index (κ2) is 7.27. The molecule has 0 aliphatic heterocycles. The van der Waals surface area contributed by atoms with E-state index in [9.17, 15) is 0 Å². The van der Waals surface area contributed by atoms with E-state index in [1.165, 1.54) is 21.3 Å². The van der Waals surface area contributed by atoms with Gasteiger partial charge in [0.15, 0.2) is 0 Å². The maximum absolute atomic E-state index is 3.60. The largest absolute Gasteiger partial charge is 0.349 e. The van der Waals surface area contributed by atoms with Crippen LogP contribution < -0.4 is 5.32 Å². The average Bonchev–Trinajstić information content (AvgIpc) is 3.02. The third kappa shape index (κ3) is 3.94. The van der Waals surface area contributed by atoms with Gasteiger partial charge in [-0.25, -0.2) is 0 Å². The van der Waals surface area contributed by atoms with Gasteiger partial charge in [0.25, 0.3) is 0 Å². The lowest BCUT2D eigenvalue weighted by Crippen LogP contribution is -2.21. The predicted molar refractivity (Wildman–Crippen MR) is 86.9 cm³/mol. The zero-order chi connectivity index (χ0) is 13.7. The average molecular weight is 341 g/mol. The highest BCUT2D eigenvalue weighted by Gasteiger charge is 2.10. The van der Waals surface area contributed by atoms with Gasteiger partial charge in [-0.2, -0.15) is 0 Å². The molecule has 2 aromatic rings. The van der Waals surface area contributed by atoms with Crippen LogP contribution in [0.15, 0.2) is 34.4 Å². The summed E-state index contributed by atoms with van der Waals surface area (Å²) in [6, 6.07) is 4.83. The van der Waals surface area contributed by atoms with E-state index in [4.69, 9.17) is 0 Å². The SMILES string of the molecule is CCCNC(CC)c1ccn(Cc2sccc2Br)c1. The minimum Gasteiger partial charge on any atom is -0.349 e. The van der Waals surface area contributed by atoms with Crippen molar-refractivity contribution in [1.82, 2.24) is 9.88 Å². The van der Waals surface area contributed by atoms with E-state index in [2.05, 4.69) is 69.6 Å². The lowest BCUT2D eigenvalue weighted by Gasteiger charge is -2.15. The van der Waals surface area contributed by atoms with E-state index < -0.39 is 0 Å². The molecule has 2 nitrogen and oxygen atoms in total. The van der Waals surface area contributed by atoms with Crippen LogP contribution >= 0.6 is 27.3 Å². The summed E-state index contributed by atoms with van der Waals surface area (Å²) in [5.74, 6) is 0. The van der Waals surface area contributed by atoms with Gasteiger partial charge >= 0.3 is 0 Å². The summed E-state index contributed by atoms with van der Waals surface area (Å²) in [5, 5.41) is 5.73. The molecule has 2 heterocycles. The van der Waals surface area contributed by atoms with Crippen molar-refractivity contribution in [2.24, 2.45) is 0 Å². The Morgan fingerprint density at radius 1 is 1.37 bits per heavy atom. The smallest absolute Gasteiger partial charge is 0.0574 e. The molecule has 0 aliphatic carbocycles. The van der Waals surface area contributed by atoms with Crippen LogP contribution in [0.4, 0.5) is 0 Å². The minimum atomic E-state index is 0.480. The molecule has 0 fully saturated rings. The van der Waals surface area contributed by atoms with Gasteiger partial charge in [-0.15, -0.1) is 11.3 Å². The van der Waals surface area contributed by atoms with E-state index in [-0.39, 0.29) is 0 Å². The molecule has 2 aromatic heterocycles. The third-order valence-electron chi connectivity index (χ3n) is 3.24. The van der Waals surface area contributed by atoms with Crippen LogP contribution in [0.5, 0.6) is 0 Å². The Morgan fingerprint density at radius 3 is 2.84 bits per heavy atom. The second-order valence-electron chi connectivity index (χ2n) is 4.72. The van der Waals surface area contributed by atoms with Crippen LogP contribution in [0, 0.1) is 0 Å². The monoisotopic (exact) mass is 340 g/mol. The predicted octanol–water partition coefficient (Wildman–Crippen LogP) is 4.81. The Balaban J connectivity index is 2.03. The summed E-state index contributed by atoms with van der Waals surface area (Å²) in [6.45, 7) is 6.47. The fraction of sp³-hybridized carbons (Fsp3) is 0.467. The van der Waals surface area contributed by atoms with Crippen LogP contribution in [-0.4, -0.2) is 11.1 Å². The van der Waals surface area contributed by atoms with Gasteiger partial charge < -0.3 is 9.88 Å². The molecular weight excluding hydrogens is 320 g/mol. The van der Waals surface area contributed by atoms with E-state index in [0.717, 1.165) is 19.5 Å². The van der Waals surface area contributed by atoms with E-state index in [1.807, 2.05) is 0 Å². The number of thiophene rings is 1. The van der Waals surface area contributed by atoms with Crippen molar-refractivity contribution < 1.29 is 0 Å². The van der Waals surface area contributed by atoms with Gasteiger partial charge in [0.1, 0.15) is 0 Å². The number of hydrogen-bond donors (Lipinski definition) is 1. The maximum atomic E-state index is 3.60. The van der Waals surface area contributed by atoms with Crippen LogP contribution in [-0.2, 0) is 6.54 Å². The number of nitrogens with zero attached hydrogens (tertiary/aromatic N) is 1. The van der Waals surface area contributed by atoms with Crippen molar-refractivity contribution in [3.05, 3.63) is 44.8 Å². The molecule has 1 N–H and O–H groups in total. The topological polar surface area (TPSA) is 17.0 Å². The van der Waals surface area contributed by atoms with E-state index in [1.54, 1.807) is 11.3 Å². The summed E-state index contributed by atoms with van der Waals surface area (Å²) in [5.41, 5.74) is 1.39. The second-order valence-corrected chi connectivity index (χ2v) is 6.58. The van der Waals surface area contributed by atoms with Crippen molar-refractivity contribution in [2.45, 2.75) is 39.3 Å². The molecule has 4 heteroatoms. The standard InChI is InChI=1S/C15H21BrN2S/c1-3-7-17-14(4-2)12-5-8-18(10-12)11-15-13(16)6-9-19-15/h5-6,8-10,14,17H,3-4,7,11H2,1-2H3. The molecule has 0 saturated heterocycles. The van der Waals surface area contributed by atoms with Crippen molar-refractivity contribution in [1.29, 1.82) is 0 Å². The Bertz CT molecular complexity index is 504. The van der Waals surface area contributed by atoms with Gasteiger partial charge in [-0.05, 0) is 58.4 Å². The Kier molecular flexibility index (Phi) is 5.67. The molecule has 0 radical (unpaired) electrons. The van der Waals surface area contributed by atoms with Gasteiger partial charge in [0.2, 0.25) is 0 Å². The summed E-state index contributed by atoms with van der Waals surface area (Å²) in [4.78, 5) is 1.37. The highest BCUT2D eigenvalue weighted by molar-refractivity contribution is 9.10. The van der Waals surface area contributed by atoms with Gasteiger partial charge in [-0.1, -0.05) is 13.8 Å². The Hall–Kier alpha value is -0.580. The molecule has 1 atom stereocenters. The van der Waals surface area contributed by atoms with Gasteiger partial charge in [0, 0.05) is 27.8 Å². The maximum Gasteiger partial charge on any atom is 0.0574 e. The molecule has 0 spiro atoms. The van der Waals surface area contributed by atoms with Crippen LogP contribution in [0.3, 0.4) is 0 Å².